The third-order valence-corrected chi connectivity index (χ3v) is 5.93. The average molecular weight is 316 g/mol. The van der Waals surface area contributed by atoms with Crippen molar-refractivity contribution >= 4 is 0 Å². The highest BCUT2D eigenvalue weighted by atomic mass is 16.3. The zero-order valence-corrected chi connectivity index (χ0v) is 14.5. The summed E-state index contributed by atoms with van der Waals surface area (Å²) in [7, 11) is 0. The Morgan fingerprint density at radius 2 is 1.74 bits per heavy atom. The number of rotatable bonds is 5. The molecule has 1 saturated heterocycles. The van der Waals surface area contributed by atoms with Crippen LogP contribution in [0.4, 0.5) is 0 Å². The fourth-order valence-corrected chi connectivity index (χ4v) is 4.41. The molecule has 3 heteroatoms. The Morgan fingerprint density at radius 1 is 1.04 bits per heavy atom. The van der Waals surface area contributed by atoms with Gasteiger partial charge in [-0.15, -0.1) is 0 Å². The van der Waals surface area contributed by atoms with Gasteiger partial charge in [0.05, 0.1) is 6.61 Å². The number of nitrogens with zero attached hydrogens (tertiary/aromatic N) is 1. The first kappa shape index (κ1) is 16.9. The van der Waals surface area contributed by atoms with Crippen LogP contribution in [0.25, 0.3) is 0 Å². The highest BCUT2D eigenvalue weighted by Crippen LogP contribution is 2.30. The lowest BCUT2D eigenvalue weighted by Gasteiger charge is -2.42. The Hall–Kier alpha value is -0.900. The van der Waals surface area contributed by atoms with Gasteiger partial charge in [-0.2, -0.15) is 0 Å². The molecule has 0 radical (unpaired) electrons. The van der Waals surface area contributed by atoms with Crippen LogP contribution in [-0.4, -0.2) is 35.2 Å². The molecule has 2 unspecified atom stereocenters. The summed E-state index contributed by atoms with van der Waals surface area (Å²) in [5, 5.41) is 13.1. The molecule has 23 heavy (non-hydrogen) atoms. The lowest BCUT2D eigenvalue weighted by Crippen LogP contribution is -2.49. The fourth-order valence-electron chi connectivity index (χ4n) is 4.41. The second-order valence-corrected chi connectivity index (χ2v) is 7.45. The van der Waals surface area contributed by atoms with Crippen LogP contribution >= 0.6 is 0 Å². The van der Waals surface area contributed by atoms with Crippen LogP contribution < -0.4 is 5.32 Å². The van der Waals surface area contributed by atoms with E-state index in [9.17, 15) is 5.11 Å². The molecule has 1 heterocycles. The molecule has 0 spiro atoms. The maximum absolute atomic E-state index is 9.42. The highest BCUT2D eigenvalue weighted by molar-refractivity contribution is 5.26. The first-order valence-electron chi connectivity index (χ1n) is 9.43. The molecule has 1 aliphatic carbocycles. The van der Waals surface area contributed by atoms with E-state index in [1.165, 1.54) is 57.2 Å². The molecule has 128 valence electrons. The molecular weight excluding hydrogens is 284 g/mol. The number of hydrogen-bond acceptors (Lipinski definition) is 3. The van der Waals surface area contributed by atoms with Crippen molar-refractivity contribution in [3.63, 3.8) is 0 Å². The van der Waals surface area contributed by atoms with E-state index in [1.807, 2.05) is 12.1 Å². The van der Waals surface area contributed by atoms with Crippen LogP contribution in [0.1, 0.15) is 56.6 Å². The van der Waals surface area contributed by atoms with Crippen LogP contribution in [0.3, 0.4) is 0 Å². The summed E-state index contributed by atoms with van der Waals surface area (Å²) >= 11 is 0. The third-order valence-electron chi connectivity index (χ3n) is 5.93. The Kier molecular flexibility index (Phi) is 6.09. The van der Waals surface area contributed by atoms with Crippen molar-refractivity contribution in [2.75, 3.05) is 13.1 Å². The molecule has 2 N–H and O–H groups in total. The average Bonchev–Trinajstić information content (AvgIpc) is 2.61. The van der Waals surface area contributed by atoms with Crippen molar-refractivity contribution in [2.45, 2.75) is 70.7 Å². The Balaban J connectivity index is 1.46. The number of nitrogens with one attached hydrogen (secondary N) is 1. The highest BCUT2D eigenvalue weighted by Gasteiger charge is 2.29. The van der Waals surface area contributed by atoms with Gasteiger partial charge in [-0.1, -0.05) is 44.0 Å². The van der Waals surface area contributed by atoms with E-state index in [2.05, 4.69) is 29.3 Å². The van der Waals surface area contributed by atoms with Gasteiger partial charge in [-0.25, -0.2) is 0 Å². The van der Waals surface area contributed by atoms with Gasteiger partial charge in [0.1, 0.15) is 0 Å². The van der Waals surface area contributed by atoms with Crippen molar-refractivity contribution < 1.29 is 5.11 Å². The van der Waals surface area contributed by atoms with Gasteiger partial charge in [0.2, 0.25) is 0 Å². The minimum Gasteiger partial charge on any atom is -0.392 e. The van der Waals surface area contributed by atoms with E-state index >= 15 is 0 Å². The molecular formula is C20H32N2O. The van der Waals surface area contributed by atoms with Crippen molar-refractivity contribution in [1.29, 1.82) is 0 Å². The van der Waals surface area contributed by atoms with E-state index in [0.717, 1.165) is 24.1 Å². The van der Waals surface area contributed by atoms with E-state index in [-0.39, 0.29) is 6.61 Å². The normalized spacial score (nSPS) is 27.2. The topological polar surface area (TPSA) is 35.5 Å². The van der Waals surface area contributed by atoms with Crippen LogP contribution in [0, 0.1) is 5.92 Å². The van der Waals surface area contributed by atoms with Crippen molar-refractivity contribution in [1.82, 2.24) is 10.2 Å². The summed E-state index contributed by atoms with van der Waals surface area (Å²) in [5.41, 5.74) is 2.28. The number of likely N-dealkylation sites (tertiary alicyclic amines) is 1. The van der Waals surface area contributed by atoms with Gasteiger partial charge in [-0.3, -0.25) is 0 Å². The monoisotopic (exact) mass is 316 g/mol. The number of hydrogen-bond donors (Lipinski definition) is 2. The predicted molar refractivity (Wildman–Crippen MR) is 95.2 cm³/mol. The molecule has 2 aliphatic rings. The second-order valence-electron chi connectivity index (χ2n) is 7.45. The lowest BCUT2D eigenvalue weighted by atomic mass is 9.84. The van der Waals surface area contributed by atoms with Crippen LogP contribution in [0.5, 0.6) is 0 Å². The summed E-state index contributed by atoms with van der Waals surface area (Å²) in [6.45, 7) is 5.94. The van der Waals surface area contributed by atoms with Crippen LogP contribution in [0.2, 0.25) is 0 Å². The van der Waals surface area contributed by atoms with Crippen molar-refractivity contribution in [3.05, 3.63) is 35.4 Å². The Bertz CT molecular complexity index is 482. The standard InChI is InChI=1S/C20H32N2O/c1-16-6-2-5-9-20(16)22-12-10-19(11-13-22)21-14-17-7-3-4-8-18(17)15-23/h3-4,7-8,16,19-21,23H,2,5-6,9-15H2,1H3. The number of aliphatic hydroxyl groups is 1. The molecule has 1 aliphatic heterocycles. The summed E-state index contributed by atoms with van der Waals surface area (Å²) in [5.74, 6) is 0.879. The second kappa shape index (κ2) is 8.27. The summed E-state index contributed by atoms with van der Waals surface area (Å²) in [6.07, 6.45) is 8.18. The Labute approximate surface area is 141 Å². The zero-order valence-electron chi connectivity index (χ0n) is 14.5. The third kappa shape index (κ3) is 4.34. The van der Waals surface area contributed by atoms with Gasteiger partial charge in [0.25, 0.3) is 0 Å². The molecule has 3 nitrogen and oxygen atoms in total. The quantitative estimate of drug-likeness (QED) is 0.875. The van der Waals surface area contributed by atoms with E-state index in [1.54, 1.807) is 0 Å². The van der Waals surface area contributed by atoms with E-state index in [0.29, 0.717) is 6.04 Å². The number of aliphatic hydroxyl groups excluding tert-OH is 1. The first-order valence-corrected chi connectivity index (χ1v) is 9.43. The van der Waals surface area contributed by atoms with Gasteiger partial charge in [0.15, 0.2) is 0 Å². The molecule has 3 rings (SSSR count). The first-order chi connectivity index (χ1) is 11.3. The van der Waals surface area contributed by atoms with Crippen molar-refractivity contribution in [3.8, 4) is 0 Å². The van der Waals surface area contributed by atoms with Crippen LogP contribution in [0.15, 0.2) is 24.3 Å². The summed E-state index contributed by atoms with van der Waals surface area (Å²) in [6, 6.07) is 9.65. The lowest BCUT2D eigenvalue weighted by molar-refractivity contribution is 0.0813. The molecule has 0 aromatic heterocycles. The van der Waals surface area contributed by atoms with Crippen molar-refractivity contribution in [2.24, 2.45) is 5.92 Å². The van der Waals surface area contributed by atoms with Gasteiger partial charge in [0, 0.05) is 18.6 Å². The summed E-state index contributed by atoms with van der Waals surface area (Å²) in [4.78, 5) is 2.75. The fraction of sp³-hybridized carbons (Fsp3) is 0.700. The molecule has 1 aromatic rings. The van der Waals surface area contributed by atoms with Gasteiger partial charge in [-0.05, 0) is 55.8 Å². The minimum atomic E-state index is 0.135. The largest absolute Gasteiger partial charge is 0.392 e. The Morgan fingerprint density at radius 3 is 2.43 bits per heavy atom. The number of benzene rings is 1. The molecule has 0 bridgehead atoms. The molecule has 2 fully saturated rings. The predicted octanol–water partition coefficient (Wildman–Crippen LogP) is 3.31. The van der Waals surface area contributed by atoms with E-state index < -0.39 is 0 Å². The molecule has 2 atom stereocenters. The maximum Gasteiger partial charge on any atom is 0.0685 e. The SMILES string of the molecule is CC1CCCCC1N1CCC(NCc2ccccc2CO)CC1. The van der Waals surface area contributed by atoms with E-state index in [4.69, 9.17) is 0 Å². The van der Waals surface area contributed by atoms with Crippen LogP contribution in [-0.2, 0) is 13.2 Å². The number of piperidine rings is 1. The zero-order chi connectivity index (χ0) is 16.1. The summed E-state index contributed by atoms with van der Waals surface area (Å²) < 4.78 is 0. The van der Waals surface area contributed by atoms with Gasteiger partial charge < -0.3 is 15.3 Å². The molecule has 1 aromatic carbocycles. The molecule has 1 saturated carbocycles. The smallest absolute Gasteiger partial charge is 0.0685 e. The molecule has 0 amide bonds. The maximum atomic E-state index is 9.42. The van der Waals surface area contributed by atoms with Gasteiger partial charge >= 0.3 is 0 Å². The minimum absolute atomic E-state index is 0.135.